The first kappa shape index (κ1) is 17.3. The van der Waals surface area contributed by atoms with Gasteiger partial charge in [-0.1, -0.05) is 6.07 Å². The Morgan fingerprint density at radius 1 is 1.40 bits per heavy atom. The van der Waals surface area contributed by atoms with E-state index < -0.39 is 6.61 Å². The summed E-state index contributed by atoms with van der Waals surface area (Å²) in [4.78, 5) is 14.0. The predicted molar refractivity (Wildman–Crippen MR) is 91.0 cm³/mol. The van der Waals surface area contributed by atoms with E-state index in [-0.39, 0.29) is 23.0 Å². The molecule has 1 aromatic carbocycles. The number of carbonyl (C=O) groups excluding carboxylic acids is 1. The molecule has 0 unspecified atom stereocenters. The first-order chi connectivity index (χ1) is 12.1. The highest BCUT2D eigenvalue weighted by Gasteiger charge is 2.18. The highest BCUT2D eigenvalue weighted by atomic mass is 32.1. The summed E-state index contributed by atoms with van der Waals surface area (Å²) in [6.45, 7) is -2.99. The third kappa shape index (κ3) is 3.96. The van der Waals surface area contributed by atoms with Crippen LogP contribution in [0.15, 0.2) is 29.4 Å². The summed E-state index contributed by atoms with van der Waals surface area (Å²) >= 11 is 1.46. The molecule has 1 N–H and O–H groups in total. The van der Waals surface area contributed by atoms with Crippen molar-refractivity contribution in [1.82, 2.24) is 5.43 Å². The van der Waals surface area contributed by atoms with E-state index in [0.717, 1.165) is 19.3 Å². The lowest BCUT2D eigenvalue weighted by molar-refractivity contribution is -0.0513. The number of carbonyl (C=O) groups is 1. The number of hydrogen-bond acceptors (Lipinski definition) is 5. The van der Waals surface area contributed by atoms with Gasteiger partial charge in [-0.3, -0.25) is 4.79 Å². The zero-order valence-electron chi connectivity index (χ0n) is 13.4. The van der Waals surface area contributed by atoms with Crippen LogP contribution < -0.4 is 14.9 Å². The van der Waals surface area contributed by atoms with Crippen LogP contribution in [0.5, 0.6) is 11.5 Å². The van der Waals surface area contributed by atoms with E-state index >= 15 is 0 Å². The van der Waals surface area contributed by atoms with Gasteiger partial charge in [0, 0.05) is 10.4 Å². The predicted octanol–water partition coefficient (Wildman–Crippen LogP) is 3.61. The average Bonchev–Trinajstić information content (AvgIpc) is 3.17. The fraction of sp³-hybridized carbons (Fsp3) is 0.294. The molecule has 0 atom stereocenters. The minimum absolute atomic E-state index is 0.131. The third-order valence-electron chi connectivity index (χ3n) is 3.78. The number of hydrogen-bond donors (Lipinski definition) is 1. The Balaban J connectivity index is 1.72. The molecule has 1 aliphatic rings. The van der Waals surface area contributed by atoms with Gasteiger partial charge in [0.15, 0.2) is 11.5 Å². The van der Waals surface area contributed by atoms with Gasteiger partial charge in [-0.05, 0) is 43.0 Å². The van der Waals surface area contributed by atoms with Crippen molar-refractivity contribution in [2.45, 2.75) is 25.9 Å². The highest BCUT2D eigenvalue weighted by molar-refractivity contribution is 7.14. The van der Waals surface area contributed by atoms with Crippen molar-refractivity contribution >= 4 is 23.5 Å². The molecule has 25 heavy (non-hydrogen) atoms. The number of fused-ring (bicyclic) bond motifs is 1. The van der Waals surface area contributed by atoms with Crippen molar-refractivity contribution in [3.05, 3.63) is 45.1 Å². The maximum absolute atomic E-state index is 12.6. The van der Waals surface area contributed by atoms with Crippen LogP contribution in [0, 0.1) is 0 Å². The molecular formula is C17H16F2N2O3S. The van der Waals surface area contributed by atoms with E-state index in [2.05, 4.69) is 15.3 Å². The minimum atomic E-state index is -2.99. The SMILES string of the molecule is COc1cccc(/C=N\NC(=O)c2cc3c(s2)CCC3)c1OC(F)F. The Kier molecular flexibility index (Phi) is 5.28. The van der Waals surface area contributed by atoms with Crippen LogP contribution >= 0.6 is 11.3 Å². The smallest absolute Gasteiger partial charge is 0.387 e. The van der Waals surface area contributed by atoms with Crippen molar-refractivity contribution in [3.63, 3.8) is 0 Å². The van der Waals surface area contributed by atoms with Gasteiger partial charge < -0.3 is 9.47 Å². The molecule has 1 heterocycles. The minimum Gasteiger partial charge on any atom is -0.493 e. The third-order valence-corrected chi connectivity index (χ3v) is 5.01. The van der Waals surface area contributed by atoms with Gasteiger partial charge in [0.1, 0.15) is 0 Å². The van der Waals surface area contributed by atoms with Crippen molar-refractivity contribution in [3.8, 4) is 11.5 Å². The molecule has 0 bridgehead atoms. The van der Waals surface area contributed by atoms with Gasteiger partial charge >= 0.3 is 6.61 Å². The number of methoxy groups -OCH3 is 1. The van der Waals surface area contributed by atoms with E-state index in [9.17, 15) is 13.6 Å². The zero-order chi connectivity index (χ0) is 17.8. The van der Waals surface area contributed by atoms with Crippen LogP contribution in [-0.4, -0.2) is 25.8 Å². The molecule has 2 aromatic rings. The summed E-state index contributed by atoms with van der Waals surface area (Å²) < 4.78 is 34.7. The fourth-order valence-corrected chi connectivity index (χ4v) is 3.81. The molecule has 3 rings (SSSR count). The molecule has 132 valence electrons. The normalized spacial score (nSPS) is 13.3. The molecule has 8 heteroatoms. The summed E-state index contributed by atoms with van der Waals surface area (Å²) in [5, 5.41) is 3.85. The number of nitrogens with one attached hydrogen (secondary N) is 1. The monoisotopic (exact) mass is 366 g/mol. The molecule has 0 radical (unpaired) electrons. The number of rotatable bonds is 6. The number of amides is 1. The Hall–Kier alpha value is -2.48. The Bertz CT molecular complexity index is 784. The van der Waals surface area contributed by atoms with Gasteiger partial charge in [-0.2, -0.15) is 13.9 Å². The summed E-state index contributed by atoms with van der Waals surface area (Å²) in [5.74, 6) is -0.298. The molecule has 0 saturated carbocycles. The lowest BCUT2D eigenvalue weighted by Gasteiger charge is -2.11. The number of aryl methyl sites for hydroxylation is 2. The lowest BCUT2D eigenvalue weighted by atomic mass is 10.2. The number of nitrogens with zero attached hydrogens (tertiary/aromatic N) is 1. The van der Waals surface area contributed by atoms with Gasteiger partial charge in [0.2, 0.25) is 0 Å². The van der Waals surface area contributed by atoms with E-state index in [0.29, 0.717) is 4.88 Å². The number of para-hydroxylation sites is 1. The average molecular weight is 366 g/mol. The number of thiophene rings is 1. The van der Waals surface area contributed by atoms with Gasteiger partial charge in [0.25, 0.3) is 5.91 Å². The van der Waals surface area contributed by atoms with E-state index in [1.54, 1.807) is 6.07 Å². The highest BCUT2D eigenvalue weighted by Crippen LogP contribution is 2.32. The van der Waals surface area contributed by atoms with Crippen LogP contribution in [0.1, 0.15) is 32.1 Å². The second kappa shape index (κ2) is 7.60. The molecule has 5 nitrogen and oxygen atoms in total. The Morgan fingerprint density at radius 3 is 2.96 bits per heavy atom. The fourth-order valence-electron chi connectivity index (χ4n) is 2.67. The quantitative estimate of drug-likeness (QED) is 0.628. The zero-order valence-corrected chi connectivity index (χ0v) is 14.2. The van der Waals surface area contributed by atoms with Gasteiger partial charge in [-0.25, -0.2) is 5.43 Å². The molecule has 0 aliphatic heterocycles. The molecule has 1 aromatic heterocycles. The molecule has 1 aliphatic carbocycles. The van der Waals surface area contributed by atoms with Crippen LogP contribution in [-0.2, 0) is 12.8 Å². The second-order valence-electron chi connectivity index (χ2n) is 5.37. The van der Waals surface area contributed by atoms with Crippen molar-refractivity contribution in [1.29, 1.82) is 0 Å². The topological polar surface area (TPSA) is 59.9 Å². The first-order valence-corrected chi connectivity index (χ1v) is 8.47. The van der Waals surface area contributed by atoms with Crippen molar-refractivity contribution in [2.75, 3.05) is 7.11 Å². The van der Waals surface area contributed by atoms with E-state index in [4.69, 9.17) is 4.74 Å². The van der Waals surface area contributed by atoms with Crippen molar-refractivity contribution in [2.24, 2.45) is 5.10 Å². The molecular weight excluding hydrogens is 350 g/mol. The maximum Gasteiger partial charge on any atom is 0.387 e. The number of benzene rings is 1. The van der Waals surface area contributed by atoms with Crippen molar-refractivity contribution < 1.29 is 23.0 Å². The van der Waals surface area contributed by atoms with Crippen LogP contribution in [0.3, 0.4) is 0 Å². The molecule has 0 fully saturated rings. The van der Waals surface area contributed by atoms with Crippen LogP contribution in [0.4, 0.5) is 8.78 Å². The Labute approximate surface area is 147 Å². The molecule has 0 saturated heterocycles. The summed E-state index contributed by atoms with van der Waals surface area (Å²) in [7, 11) is 1.35. The van der Waals surface area contributed by atoms with E-state index in [1.165, 1.54) is 47.2 Å². The van der Waals surface area contributed by atoms with Crippen LogP contribution in [0.2, 0.25) is 0 Å². The summed E-state index contributed by atoms with van der Waals surface area (Å²) in [5.41, 5.74) is 3.90. The molecule has 0 spiro atoms. The second-order valence-corrected chi connectivity index (χ2v) is 6.51. The van der Waals surface area contributed by atoms with Gasteiger partial charge in [-0.15, -0.1) is 11.3 Å². The van der Waals surface area contributed by atoms with Crippen LogP contribution in [0.25, 0.3) is 0 Å². The summed E-state index contributed by atoms with van der Waals surface area (Å²) in [6, 6.07) is 6.54. The maximum atomic E-state index is 12.6. The number of ether oxygens (including phenoxy) is 2. The lowest BCUT2D eigenvalue weighted by Crippen LogP contribution is -2.16. The molecule has 1 amide bonds. The first-order valence-electron chi connectivity index (χ1n) is 7.65. The largest absolute Gasteiger partial charge is 0.493 e. The van der Waals surface area contributed by atoms with E-state index in [1.807, 2.05) is 6.07 Å². The summed E-state index contributed by atoms with van der Waals surface area (Å²) in [6.07, 6.45) is 4.39. The number of hydrazone groups is 1. The number of halogens is 2. The number of alkyl halides is 2. The van der Waals surface area contributed by atoms with Gasteiger partial charge in [0.05, 0.1) is 18.2 Å². The Morgan fingerprint density at radius 2 is 2.24 bits per heavy atom. The standard InChI is InChI=1S/C17H16F2N2O3S/c1-23-12-6-2-5-11(15(12)24-17(18)19)9-20-21-16(22)14-8-10-4-3-7-13(10)25-14/h2,5-6,8-9,17H,3-4,7H2,1H3,(H,21,22)/b20-9-.